The van der Waals surface area contributed by atoms with Crippen LogP contribution >= 0.6 is 0 Å². The first-order chi connectivity index (χ1) is 58.6. The molecule has 712 valence electrons. The van der Waals surface area contributed by atoms with E-state index in [-0.39, 0.29) is 12.3 Å². The van der Waals surface area contributed by atoms with Crippen LogP contribution in [0.3, 0.4) is 0 Å². The lowest BCUT2D eigenvalue weighted by atomic mass is 9.90. The number of rotatable bonds is 60. The lowest BCUT2D eigenvalue weighted by molar-refractivity contribution is -0.401. The molecule has 0 bridgehead atoms. The number of carbonyl (C=O) groups excluding carboxylic acids is 2. The second kappa shape index (κ2) is 57.6. The molecule has 0 spiro atoms. The van der Waals surface area contributed by atoms with Crippen LogP contribution in [0.4, 0.5) is 0 Å². The number of nitrogens with one attached hydrogen (secondary N) is 2. The number of aliphatic hydroxyl groups is 19. The molecule has 37 heteroatoms. The van der Waals surface area contributed by atoms with E-state index in [1.165, 1.54) is 148 Å². The highest BCUT2D eigenvalue weighted by Gasteiger charge is 2.62. The molecule has 6 aliphatic heterocycles. The molecule has 122 heavy (non-hydrogen) atoms. The fraction of sp³-hybridized carbons (Fsp3) is 0.918. The van der Waals surface area contributed by atoms with Gasteiger partial charge in [-0.1, -0.05) is 205 Å². The molecule has 0 aliphatic carbocycles. The number of amides is 2. The first-order valence-corrected chi connectivity index (χ1v) is 45.1. The van der Waals surface area contributed by atoms with Crippen molar-refractivity contribution in [2.75, 3.05) is 39.6 Å². The van der Waals surface area contributed by atoms with E-state index in [4.69, 9.17) is 56.8 Å². The molecule has 6 rings (SSSR count). The predicted octanol–water partition coefficient (Wildman–Crippen LogP) is 0.562. The molecule has 6 fully saturated rings. The summed E-state index contributed by atoms with van der Waals surface area (Å²) < 4.78 is 71.8. The van der Waals surface area contributed by atoms with Gasteiger partial charge in [-0.05, 0) is 51.9 Å². The Morgan fingerprint density at radius 2 is 0.861 bits per heavy atom. The van der Waals surface area contributed by atoms with Gasteiger partial charge in [-0.15, -0.1) is 0 Å². The summed E-state index contributed by atoms with van der Waals surface area (Å²) in [5.41, 5.74) is 0. The fourth-order valence-electron chi connectivity index (χ4n) is 16.4. The molecule has 2 amide bonds. The van der Waals surface area contributed by atoms with E-state index in [0.29, 0.717) is 12.8 Å². The number of aliphatic carboxylic acids is 1. The van der Waals surface area contributed by atoms with Crippen molar-refractivity contribution in [1.82, 2.24) is 10.6 Å². The first-order valence-electron chi connectivity index (χ1n) is 45.1. The van der Waals surface area contributed by atoms with Crippen molar-refractivity contribution in [3.63, 3.8) is 0 Å². The summed E-state index contributed by atoms with van der Waals surface area (Å²) >= 11 is 0. The molecule has 0 aromatic heterocycles. The Balaban J connectivity index is 1.13. The van der Waals surface area contributed by atoms with Crippen molar-refractivity contribution in [1.29, 1.82) is 0 Å². The van der Waals surface area contributed by atoms with Crippen molar-refractivity contribution in [2.24, 2.45) is 0 Å². The highest BCUT2D eigenvalue weighted by Crippen LogP contribution is 2.41. The molecule has 0 aromatic rings. The van der Waals surface area contributed by atoms with Gasteiger partial charge in [0.15, 0.2) is 31.5 Å². The Bertz CT molecular complexity index is 2880. The van der Waals surface area contributed by atoms with E-state index in [1.54, 1.807) is 6.08 Å². The van der Waals surface area contributed by atoms with Gasteiger partial charge in [0.05, 0.1) is 64.0 Å². The minimum Gasteiger partial charge on any atom is -0.477 e. The average molecular weight is 1760 g/mol. The van der Waals surface area contributed by atoms with E-state index in [1.807, 2.05) is 6.08 Å². The summed E-state index contributed by atoms with van der Waals surface area (Å²) in [4.78, 5) is 40.3. The third-order valence-electron chi connectivity index (χ3n) is 23.9. The Morgan fingerprint density at radius 1 is 0.443 bits per heavy atom. The van der Waals surface area contributed by atoms with Crippen LogP contribution in [-0.2, 0) is 71.2 Å². The third-order valence-corrected chi connectivity index (χ3v) is 23.9. The largest absolute Gasteiger partial charge is 0.477 e. The molecular weight excluding hydrogens is 1610 g/mol. The summed E-state index contributed by atoms with van der Waals surface area (Å²) in [7, 11) is 0. The van der Waals surface area contributed by atoms with Gasteiger partial charge in [0, 0.05) is 19.8 Å². The second-order valence-electron chi connectivity index (χ2n) is 33.8. The monoisotopic (exact) mass is 1760 g/mol. The topological polar surface area (TPSA) is 591 Å². The zero-order valence-electron chi connectivity index (χ0n) is 71.8. The van der Waals surface area contributed by atoms with Crippen LogP contribution in [0.15, 0.2) is 24.3 Å². The molecule has 6 aliphatic rings. The van der Waals surface area contributed by atoms with Crippen LogP contribution in [0, 0.1) is 0 Å². The Hall–Kier alpha value is -3.35. The summed E-state index contributed by atoms with van der Waals surface area (Å²) in [5, 5.41) is 228. The van der Waals surface area contributed by atoms with Gasteiger partial charge in [0.25, 0.3) is 5.79 Å². The molecule has 6 heterocycles. The van der Waals surface area contributed by atoms with Crippen LogP contribution < -0.4 is 10.6 Å². The zero-order valence-corrected chi connectivity index (χ0v) is 71.8. The molecule has 37 nitrogen and oxygen atoms in total. The SMILES string of the molecule is CCCCCCCC/C=C\CCCCCCCCCCCCCCCC(=O)N[C@@H](CO[C@@H]1OC(CO)[C@@H](O[C@@H]2OC(CO)[C@H](O)[C@H](O[C@@H]3OC(CO)[C@@H](O[C@@H]4OC(CO)[C@H](O)[C@H](O[C@]5(C(=O)O)CC(O)[C@@H](O)C([C@H](O)[C@H](O)CO)O5)C4O)[C@H](O[C@H]4OC(C)[C@@H](O)C(O)[C@@H]4O)C3NC(C)=O)C2O)[C@H](O)C1O)[C@H](O)/C=C/CCCCCCCCCCCCC. The molecule has 33 atom stereocenters. The zero-order chi connectivity index (χ0) is 89.4. The smallest absolute Gasteiger partial charge is 0.364 e. The number of carboxylic acids is 1. The number of hydrogen-bond donors (Lipinski definition) is 22. The van der Waals surface area contributed by atoms with E-state index in [2.05, 4.69) is 36.6 Å². The number of carbonyl (C=O) groups is 3. The van der Waals surface area contributed by atoms with Gasteiger partial charge in [-0.25, -0.2) is 4.79 Å². The lowest BCUT2D eigenvalue weighted by Crippen LogP contribution is -2.72. The van der Waals surface area contributed by atoms with Gasteiger partial charge < -0.3 is 170 Å². The van der Waals surface area contributed by atoms with Crippen LogP contribution in [0.5, 0.6) is 0 Å². The molecular formula is C85H152N2O35. The Morgan fingerprint density at radius 3 is 1.35 bits per heavy atom. The van der Waals surface area contributed by atoms with Crippen LogP contribution in [0.1, 0.15) is 252 Å². The number of aliphatic hydroxyl groups excluding tert-OH is 19. The average Bonchev–Trinajstić information content (AvgIpc) is 0.745. The van der Waals surface area contributed by atoms with Gasteiger partial charge in [-0.3, -0.25) is 9.59 Å². The number of hydrogen-bond acceptors (Lipinski definition) is 34. The van der Waals surface area contributed by atoms with Gasteiger partial charge in [0.1, 0.15) is 140 Å². The second-order valence-corrected chi connectivity index (χ2v) is 33.8. The molecule has 0 saturated carbocycles. The Kier molecular flexibility index (Phi) is 50.8. The summed E-state index contributed by atoms with van der Waals surface area (Å²) in [6, 6.07) is -3.09. The number of allylic oxidation sites excluding steroid dienone is 3. The van der Waals surface area contributed by atoms with Crippen molar-refractivity contribution in [3.05, 3.63) is 24.3 Å². The van der Waals surface area contributed by atoms with Crippen LogP contribution in [-0.4, -0.2) is 361 Å². The van der Waals surface area contributed by atoms with Crippen LogP contribution in [0.2, 0.25) is 0 Å². The fourth-order valence-corrected chi connectivity index (χ4v) is 16.4. The highest BCUT2D eigenvalue weighted by atomic mass is 16.8. The van der Waals surface area contributed by atoms with Gasteiger partial charge in [-0.2, -0.15) is 0 Å². The molecule has 0 radical (unpaired) electrons. The van der Waals surface area contributed by atoms with E-state index in [9.17, 15) is 117 Å². The molecule has 6 saturated heterocycles. The summed E-state index contributed by atoms with van der Waals surface area (Å²) in [6.45, 7) is 0.566. The minimum absolute atomic E-state index is 0.151. The lowest BCUT2D eigenvalue weighted by Gasteiger charge is -2.52. The normalized spacial score (nSPS) is 35.8. The van der Waals surface area contributed by atoms with Gasteiger partial charge >= 0.3 is 5.97 Å². The molecule has 22 N–H and O–H groups in total. The third kappa shape index (κ3) is 33.2. The van der Waals surface area contributed by atoms with Crippen molar-refractivity contribution < 1.29 is 173 Å². The van der Waals surface area contributed by atoms with E-state index in [0.717, 1.165) is 64.7 Å². The van der Waals surface area contributed by atoms with Crippen molar-refractivity contribution >= 4 is 17.8 Å². The standard InChI is InChI=1S/C85H152N2O35/c1-5-7-9-11-13-15-17-19-20-21-22-23-24-25-26-27-28-30-32-34-36-38-40-42-60(97)87-52(53(94)41-39-37-35-33-31-29-18-16-14-12-10-8-6-2)49-111-80-70(106)68(104)73(58(47-91)116-80)117-82-71(107)76(65(101)56(45-89)113-82)120-79-61(86-51(4)93)75(119-81-69(105)67(103)62(98)50(3)112-81)74(59(48-92)115-79)118-83-72(108)78(66(102)57(46-90)114-83)122-85(84(109)110)43-54(95)63(99)77(121-85)64(100)55(96)44-88/h19-20,39,41,50,52-59,61-83,88-92,94-96,98-108H,5-18,21-38,40,42-49H2,1-4H3,(H,86,93)(H,87,97)(H,109,110)/b20-19-,41-39+/t50?,52-,53+,54?,55+,56?,57?,58?,59?,61?,62+,63+,64+,65-,66-,67?,68+,69-,70?,71?,72?,73+,74+,75+,76-,77?,78-,79-,80+,81+,82-,83-,85-/m0/s1. The maximum atomic E-state index is 13.7. The van der Waals surface area contributed by atoms with Crippen molar-refractivity contribution in [2.45, 2.75) is 454 Å². The molecule has 0 aromatic carbocycles. The summed E-state index contributed by atoms with van der Waals surface area (Å²) in [5.74, 6) is -6.72. The number of carboxylic acid groups (broad SMARTS) is 1. The van der Waals surface area contributed by atoms with Crippen LogP contribution in [0.25, 0.3) is 0 Å². The number of unbranched alkanes of at least 4 members (excludes halogenated alkanes) is 30. The Labute approximate surface area is 717 Å². The quantitative estimate of drug-likeness (QED) is 0.0292. The molecule has 12 unspecified atom stereocenters. The maximum Gasteiger partial charge on any atom is 0.364 e. The highest BCUT2D eigenvalue weighted by molar-refractivity contribution is 5.76. The van der Waals surface area contributed by atoms with Crippen molar-refractivity contribution in [3.8, 4) is 0 Å². The first kappa shape index (κ1) is 107. The van der Waals surface area contributed by atoms with E-state index >= 15 is 0 Å². The van der Waals surface area contributed by atoms with Gasteiger partial charge in [0.2, 0.25) is 11.8 Å². The summed E-state index contributed by atoms with van der Waals surface area (Å²) in [6.07, 6.45) is -16.3. The predicted molar refractivity (Wildman–Crippen MR) is 435 cm³/mol. The van der Waals surface area contributed by atoms with E-state index < -0.39 is 260 Å². The minimum atomic E-state index is -3.27. The maximum absolute atomic E-state index is 13.7. The number of ether oxygens (including phenoxy) is 12.